The Hall–Kier alpha value is -1.43. The molecule has 0 saturated heterocycles. The van der Waals surface area contributed by atoms with E-state index < -0.39 is 0 Å². The Morgan fingerprint density at radius 1 is 1.42 bits per heavy atom. The van der Waals surface area contributed by atoms with Crippen LogP contribution in [0.3, 0.4) is 0 Å². The van der Waals surface area contributed by atoms with E-state index >= 15 is 0 Å². The van der Waals surface area contributed by atoms with E-state index in [0.29, 0.717) is 17.1 Å². The van der Waals surface area contributed by atoms with Crippen molar-refractivity contribution < 1.29 is 0 Å². The van der Waals surface area contributed by atoms with Gasteiger partial charge in [-0.25, -0.2) is 9.97 Å². The summed E-state index contributed by atoms with van der Waals surface area (Å²) in [6, 6.07) is 0.457. The molecule has 1 aliphatic rings. The highest BCUT2D eigenvalue weighted by molar-refractivity contribution is 7.99. The molecule has 2 atom stereocenters. The van der Waals surface area contributed by atoms with Gasteiger partial charge in [0, 0.05) is 23.7 Å². The number of imidazole rings is 1. The maximum absolute atomic E-state index is 5.85. The number of nitrogens with one attached hydrogen (secondary N) is 1. The number of nitrogen functional groups attached to an aromatic ring is 1. The number of nitrogens with zero attached hydrogens (tertiary/aromatic N) is 3. The van der Waals surface area contributed by atoms with E-state index in [2.05, 4.69) is 21.5 Å². The predicted octanol–water partition coefficient (Wildman–Crippen LogP) is 2.40. The molecule has 0 radical (unpaired) electrons. The number of aromatic nitrogens is 3. The van der Waals surface area contributed by atoms with Gasteiger partial charge in [-0.3, -0.25) is 0 Å². The molecule has 2 unspecified atom stereocenters. The van der Waals surface area contributed by atoms with E-state index in [1.807, 2.05) is 22.4 Å². The second-order valence-corrected chi connectivity index (χ2v) is 6.06. The summed E-state index contributed by atoms with van der Waals surface area (Å²) in [5, 5.41) is 4.20. The Morgan fingerprint density at radius 2 is 2.26 bits per heavy atom. The Bertz CT molecular complexity index is 567. The van der Waals surface area contributed by atoms with Crippen molar-refractivity contribution in [3.63, 3.8) is 0 Å². The van der Waals surface area contributed by atoms with Crippen LogP contribution in [-0.2, 0) is 0 Å². The summed E-state index contributed by atoms with van der Waals surface area (Å²) in [6.07, 6.45) is 12.7. The van der Waals surface area contributed by atoms with Gasteiger partial charge in [0.15, 0.2) is 11.5 Å². The first-order valence-electron chi connectivity index (χ1n) is 6.66. The smallest absolute Gasteiger partial charge is 0.180 e. The second-order valence-electron chi connectivity index (χ2n) is 4.98. The summed E-state index contributed by atoms with van der Waals surface area (Å²) in [5.74, 6) is 1.32. The first-order chi connectivity index (χ1) is 9.28. The van der Waals surface area contributed by atoms with Crippen LogP contribution in [-0.4, -0.2) is 31.9 Å². The molecule has 2 aromatic heterocycles. The molecule has 1 aliphatic carbocycles. The van der Waals surface area contributed by atoms with Crippen molar-refractivity contribution in [2.75, 3.05) is 17.3 Å². The van der Waals surface area contributed by atoms with Crippen molar-refractivity contribution in [1.29, 1.82) is 0 Å². The normalized spacial score (nSPS) is 23.6. The quantitative estimate of drug-likeness (QED) is 0.901. The van der Waals surface area contributed by atoms with Gasteiger partial charge in [0.05, 0.1) is 6.20 Å². The van der Waals surface area contributed by atoms with E-state index in [1.54, 1.807) is 12.4 Å². The molecule has 0 amide bonds. The zero-order valence-corrected chi connectivity index (χ0v) is 11.9. The topological polar surface area (TPSA) is 68.2 Å². The van der Waals surface area contributed by atoms with Crippen molar-refractivity contribution in [2.45, 2.75) is 37.0 Å². The first-order valence-corrected chi connectivity index (χ1v) is 7.95. The van der Waals surface area contributed by atoms with Gasteiger partial charge in [-0.05, 0) is 19.1 Å². The van der Waals surface area contributed by atoms with Crippen molar-refractivity contribution in [1.82, 2.24) is 14.4 Å². The maximum Gasteiger partial charge on any atom is 0.180 e. The molecule has 2 heterocycles. The molecular formula is C13H19N5S. The van der Waals surface area contributed by atoms with Crippen molar-refractivity contribution in [3.8, 4) is 0 Å². The van der Waals surface area contributed by atoms with Gasteiger partial charge in [-0.15, -0.1) is 0 Å². The highest BCUT2D eigenvalue weighted by Gasteiger charge is 2.25. The molecule has 0 spiro atoms. The Morgan fingerprint density at radius 3 is 3.11 bits per heavy atom. The molecule has 5 nitrogen and oxygen atoms in total. The van der Waals surface area contributed by atoms with Gasteiger partial charge in [0.1, 0.15) is 5.82 Å². The third-order valence-electron chi connectivity index (χ3n) is 3.72. The fourth-order valence-corrected chi connectivity index (χ4v) is 3.70. The average Bonchev–Trinajstić information content (AvgIpc) is 2.87. The van der Waals surface area contributed by atoms with Crippen LogP contribution in [0.1, 0.15) is 25.7 Å². The van der Waals surface area contributed by atoms with Crippen LogP contribution in [0.25, 0.3) is 5.65 Å². The lowest BCUT2D eigenvalue weighted by Gasteiger charge is -2.31. The summed E-state index contributed by atoms with van der Waals surface area (Å²) in [4.78, 5) is 8.76. The number of rotatable bonds is 3. The van der Waals surface area contributed by atoms with E-state index in [1.165, 1.54) is 25.7 Å². The molecule has 1 fully saturated rings. The van der Waals surface area contributed by atoms with E-state index in [9.17, 15) is 0 Å². The number of hydrogen-bond acceptors (Lipinski definition) is 5. The zero-order chi connectivity index (χ0) is 13.2. The van der Waals surface area contributed by atoms with Crippen molar-refractivity contribution in [2.24, 2.45) is 0 Å². The minimum atomic E-state index is 0.457. The number of anilines is 2. The van der Waals surface area contributed by atoms with Gasteiger partial charge in [-0.1, -0.05) is 12.8 Å². The van der Waals surface area contributed by atoms with Crippen LogP contribution in [0.2, 0.25) is 0 Å². The predicted molar refractivity (Wildman–Crippen MR) is 80.6 cm³/mol. The Labute approximate surface area is 117 Å². The molecule has 0 aliphatic heterocycles. The van der Waals surface area contributed by atoms with Gasteiger partial charge in [0.25, 0.3) is 0 Å². The summed E-state index contributed by atoms with van der Waals surface area (Å²) in [7, 11) is 0. The van der Waals surface area contributed by atoms with Crippen LogP contribution in [0.5, 0.6) is 0 Å². The molecule has 3 rings (SSSR count). The molecule has 2 aromatic rings. The third kappa shape index (κ3) is 2.49. The van der Waals surface area contributed by atoms with Crippen molar-refractivity contribution >= 4 is 29.0 Å². The molecule has 102 valence electrons. The number of thioether (sulfide) groups is 1. The second kappa shape index (κ2) is 5.28. The Kier molecular flexibility index (Phi) is 3.50. The van der Waals surface area contributed by atoms with E-state index in [0.717, 1.165) is 11.5 Å². The molecule has 1 saturated carbocycles. The highest BCUT2D eigenvalue weighted by atomic mass is 32.2. The summed E-state index contributed by atoms with van der Waals surface area (Å²) in [6.45, 7) is 0. The summed E-state index contributed by atoms with van der Waals surface area (Å²) < 4.78 is 1.92. The highest BCUT2D eigenvalue weighted by Crippen LogP contribution is 2.30. The molecule has 19 heavy (non-hydrogen) atoms. The minimum absolute atomic E-state index is 0.457. The molecular weight excluding hydrogens is 258 g/mol. The number of fused-ring (bicyclic) bond motifs is 1. The lowest BCUT2D eigenvalue weighted by Crippen LogP contribution is -2.34. The summed E-state index contributed by atoms with van der Waals surface area (Å²) in [5.41, 5.74) is 6.70. The monoisotopic (exact) mass is 277 g/mol. The number of nitrogens with two attached hydrogens (primary N) is 1. The summed E-state index contributed by atoms with van der Waals surface area (Å²) >= 11 is 1.94. The largest absolute Gasteiger partial charge is 0.382 e. The van der Waals surface area contributed by atoms with Gasteiger partial charge < -0.3 is 15.5 Å². The van der Waals surface area contributed by atoms with Crippen molar-refractivity contribution in [3.05, 3.63) is 18.6 Å². The lowest BCUT2D eigenvalue weighted by molar-refractivity contribution is 0.474. The fourth-order valence-electron chi connectivity index (χ4n) is 2.77. The molecule has 0 bridgehead atoms. The minimum Gasteiger partial charge on any atom is -0.382 e. The first kappa shape index (κ1) is 12.6. The fraction of sp³-hybridized carbons (Fsp3) is 0.538. The van der Waals surface area contributed by atoms with Crippen LogP contribution < -0.4 is 11.1 Å². The Balaban J connectivity index is 1.89. The SMILES string of the molecule is CSC1CCCCC1Nc1nc(N)cn2ccnc12. The van der Waals surface area contributed by atoms with Crippen LogP contribution in [0.15, 0.2) is 18.6 Å². The molecule has 3 N–H and O–H groups in total. The molecule has 6 heteroatoms. The van der Waals surface area contributed by atoms with Crippen LogP contribution >= 0.6 is 11.8 Å². The van der Waals surface area contributed by atoms with Gasteiger partial charge in [-0.2, -0.15) is 11.8 Å². The van der Waals surface area contributed by atoms with Gasteiger partial charge >= 0.3 is 0 Å². The zero-order valence-electron chi connectivity index (χ0n) is 11.0. The standard InChI is InChI=1S/C13H19N5S/c1-19-10-5-3-2-4-9(10)16-12-13-15-6-7-18(13)8-11(14)17-12/h6-10H,2-5,14H2,1H3,(H,16,17). The van der Waals surface area contributed by atoms with E-state index in [-0.39, 0.29) is 0 Å². The van der Waals surface area contributed by atoms with Crippen LogP contribution in [0, 0.1) is 0 Å². The van der Waals surface area contributed by atoms with Gasteiger partial charge in [0.2, 0.25) is 0 Å². The third-order valence-corrected chi connectivity index (χ3v) is 4.89. The maximum atomic E-state index is 5.85. The lowest BCUT2D eigenvalue weighted by atomic mass is 9.95. The number of hydrogen-bond donors (Lipinski definition) is 2. The average molecular weight is 277 g/mol. The van der Waals surface area contributed by atoms with Crippen LogP contribution in [0.4, 0.5) is 11.6 Å². The molecule has 0 aromatic carbocycles. The van der Waals surface area contributed by atoms with E-state index in [4.69, 9.17) is 5.73 Å².